The van der Waals surface area contributed by atoms with Crippen molar-refractivity contribution in [3.05, 3.63) is 59.9 Å². The molecule has 5 nitrogen and oxygen atoms in total. The molecule has 2 heterocycles. The predicted octanol–water partition coefficient (Wildman–Crippen LogP) is 3.75. The Morgan fingerprint density at radius 3 is 2.71 bits per heavy atom. The molecule has 0 radical (unpaired) electrons. The number of benzene rings is 1. The van der Waals surface area contributed by atoms with E-state index in [0.717, 1.165) is 43.8 Å². The molecule has 1 fully saturated rings. The highest BCUT2D eigenvalue weighted by molar-refractivity contribution is 5.78. The van der Waals surface area contributed by atoms with E-state index in [9.17, 15) is 4.79 Å². The van der Waals surface area contributed by atoms with E-state index >= 15 is 0 Å². The van der Waals surface area contributed by atoms with Crippen LogP contribution in [0.2, 0.25) is 0 Å². The minimum absolute atomic E-state index is 0.0190. The summed E-state index contributed by atoms with van der Waals surface area (Å²) in [4.78, 5) is 19.4. The Morgan fingerprint density at radius 2 is 2.00 bits per heavy atom. The molecule has 1 N–H and O–H groups in total. The van der Waals surface area contributed by atoms with Gasteiger partial charge in [-0.05, 0) is 68.1 Å². The maximum absolute atomic E-state index is 13.1. The van der Waals surface area contributed by atoms with Crippen LogP contribution in [-0.2, 0) is 11.3 Å². The number of nitrogens with one attached hydrogen (secondary N) is 1. The summed E-state index contributed by atoms with van der Waals surface area (Å²) >= 11 is 0. The molecule has 1 unspecified atom stereocenters. The first-order chi connectivity index (χ1) is 13.6. The number of pyridine rings is 1. The van der Waals surface area contributed by atoms with E-state index in [1.165, 1.54) is 5.56 Å². The van der Waals surface area contributed by atoms with Gasteiger partial charge < -0.3 is 15.0 Å². The summed E-state index contributed by atoms with van der Waals surface area (Å²) in [5.41, 5.74) is 2.18. The van der Waals surface area contributed by atoms with E-state index in [-0.39, 0.29) is 18.6 Å². The topological polar surface area (TPSA) is 54.5 Å². The van der Waals surface area contributed by atoms with Crippen LogP contribution < -0.4 is 10.1 Å². The molecule has 0 saturated carbocycles. The van der Waals surface area contributed by atoms with E-state index in [1.54, 1.807) is 6.20 Å². The number of nitrogens with zero attached hydrogens (tertiary/aromatic N) is 2. The average Bonchev–Trinajstić information content (AvgIpc) is 3.00. The zero-order valence-corrected chi connectivity index (χ0v) is 16.9. The maximum Gasteiger partial charge on any atom is 0.261 e. The highest BCUT2D eigenvalue weighted by Gasteiger charge is 2.25. The van der Waals surface area contributed by atoms with Crippen LogP contribution in [0.4, 0.5) is 0 Å². The highest BCUT2D eigenvalue weighted by Crippen LogP contribution is 2.20. The Kier molecular flexibility index (Phi) is 7.43. The van der Waals surface area contributed by atoms with E-state index in [0.29, 0.717) is 12.5 Å². The number of hydrogen-bond acceptors (Lipinski definition) is 4. The Bertz CT molecular complexity index is 723. The number of ether oxygens (including phenoxy) is 1. The van der Waals surface area contributed by atoms with Crippen molar-refractivity contribution in [3.8, 4) is 5.75 Å². The normalized spacial score (nSPS) is 17.2. The monoisotopic (exact) mass is 381 g/mol. The third-order valence-corrected chi connectivity index (χ3v) is 5.27. The lowest BCUT2D eigenvalue weighted by Gasteiger charge is -2.31. The number of hydrogen-bond donors (Lipinski definition) is 1. The molecule has 1 aliphatic rings. The molecule has 2 aromatic rings. The van der Waals surface area contributed by atoms with Gasteiger partial charge in [0, 0.05) is 12.2 Å². The summed E-state index contributed by atoms with van der Waals surface area (Å²) in [6, 6.07) is 14.1. The molecule has 1 aromatic carbocycles. The molecule has 28 heavy (non-hydrogen) atoms. The molecule has 5 heteroatoms. The van der Waals surface area contributed by atoms with Crippen molar-refractivity contribution < 1.29 is 9.53 Å². The third-order valence-electron chi connectivity index (χ3n) is 5.27. The molecule has 1 aromatic heterocycles. The molecule has 0 spiro atoms. The lowest BCUT2D eigenvalue weighted by molar-refractivity contribution is -0.136. The van der Waals surface area contributed by atoms with Gasteiger partial charge in [-0.1, -0.05) is 32.0 Å². The Labute approximate surface area is 168 Å². The molecule has 0 aliphatic carbocycles. The molecule has 1 aliphatic heterocycles. The standard InChI is InChI=1S/C23H31N3O2/c1-18(2)19-8-10-22(11-9-19)28-17-23(27)26(16-20-6-3-4-14-25-20)21-7-5-13-24-15-12-21/h3-4,6,8-11,14,18,21,24H,5,7,12-13,15-17H2,1-2H3. The molecule has 0 bridgehead atoms. The van der Waals surface area contributed by atoms with Gasteiger partial charge in [-0.15, -0.1) is 0 Å². The fourth-order valence-corrected chi connectivity index (χ4v) is 3.58. The van der Waals surface area contributed by atoms with Gasteiger partial charge in [0.25, 0.3) is 5.91 Å². The number of aromatic nitrogens is 1. The predicted molar refractivity (Wildman–Crippen MR) is 111 cm³/mol. The van der Waals surface area contributed by atoms with Crippen LogP contribution in [0.15, 0.2) is 48.7 Å². The molecule has 1 amide bonds. The maximum atomic E-state index is 13.1. The zero-order valence-electron chi connectivity index (χ0n) is 16.9. The molecular weight excluding hydrogens is 350 g/mol. The van der Waals surface area contributed by atoms with E-state index in [2.05, 4.69) is 36.3 Å². The molecular formula is C23H31N3O2. The second-order valence-electron chi connectivity index (χ2n) is 7.69. The summed E-state index contributed by atoms with van der Waals surface area (Å²) < 4.78 is 5.82. The van der Waals surface area contributed by atoms with Crippen molar-refractivity contribution in [2.75, 3.05) is 19.7 Å². The van der Waals surface area contributed by atoms with Crippen molar-refractivity contribution >= 4 is 5.91 Å². The second-order valence-corrected chi connectivity index (χ2v) is 7.69. The Hall–Kier alpha value is -2.40. The quantitative estimate of drug-likeness (QED) is 0.794. The van der Waals surface area contributed by atoms with Crippen molar-refractivity contribution in [2.45, 2.75) is 51.6 Å². The Balaban J connectivity index is 1.66. The van der Waals surface area contributed by atoms with Gasteiger partial charge in [0.1, 0.15) is 5.75 Å². The fraction of sp³-hybridized carbons (Fsp3) is 0.478. The van der Waals surface area contributed by atoms with Crippen LogP contribution in [0.25, 0.3) is 0 Å². The summed E-state index contributed by atoms with van der Waals surface area (Å²) in [5.74, 6) is 1.23. The van der Waals surface area contributed by atoms with Gasteiger partial charge >= 0.3 is 0 Å². The minimum atomic E-state index is 0.0190. The SMILES string of the molecule is CC(C)c1ccc(OCC(=O)N(Cc2ccccn2)C2CCCNCC2)cc1. The first-order valence-electron chi connectivity index (χ1n) is 10.3. The van der Waals surface area contributed by atoms with Gasteiger partial charge in [0.2, 0.25) is 0 Å². The second kappa shape index (κ2) is 10.2. The van der Waals surface area contributed by atoms with Crippen molar-refractivity contribution in [1.29, 1.82) is 0 Å². The van der Waals surface area contributed by atoms with Gasteiger partial charge in [0.15, 0.2) is 6.61 Å². The largest absolute Gasteiger partial charge is 0.484 e. The first kappa shape index (κ1) is 20.3. The number of carbonyl (C=O) groups is 1. The lowest BCUT2D eigenvalue weighted by atomic mass is 10.0. The minimum Gasteiger partial charge on any atom is -0.484 e. The van der Waals surface area contributed by atoms with Gasteiger partial charge in [-0.2, -0.15) is 0 Å². The number of rotatable bonds is 7. The lowest BCUT2D eigenvalue weighted by Crippen LogP contribution is -2.43. The van der Waals surface area contributed by atoms with Crippen molar-refractivity contribution in [1.82, 2.24) is 15.2 Å². The molecule has 3 rings (SSSR count). The zero-order chi connectivity index (χ0) is 19.8. The third kappa shape index (κ3) is 5.80. The van der Waals surface area contributed by atoms with E-state index in [1.807, 2.05) is 35.2 Å². The van der Waals surface area contributed by atoms with Gasteiger partial charge in [-0.25, -0.2) is 0 Å². The summed E-state index contributed by atoms with van der Waals surface area (Å²) in [6.07, 6.45) is 4.82. The van der Waals surface area contributed by atoms with Crippen molar-refractivity contribution in [3.63, 3.8) is 0 Å². The summed E-state index contributed by atoms with van der Waals surface area (Å²) in [7, 11) is 0. The number of carbonyl (C=O) groups excluding carboxylic acids is 1. The molecule has 1 saturated heterocycles. The van der Waals surface area contributed by atoms with Gasteiger partial charge in [-0.3, -0.25) is 9.78 Å². The summed E-state index contributed by atoms with van der Waals surface area (Å²) in [5, 5.41) is 3.42. The van der Waals surface area contributed by atoms with Crippen molar-refractivity contribution in [2.24, 2.45) is 0 Å². The van der Waals surface area contributed by atoms with Crippen LogP contribution in [-0.4, -0.2) is 41.5 Å². The first-order valence-corrected chi connectivity index (χ1v) is 10.3. The highest BCUT2D eigenvalue weighted by atomic mass is 16.5. The van der Waals surface area contributed by atoms with Crippen LogP contribution in [0.1, 0.15) is 50.3 Å². The number of amides is 1. The fourth-order valence-electron chi connectivity index (χ4n) is 3.58. The van der Waals surface area contributed by atoms with E-state index in [4.69, 9.17) is 4.74 Å². The van der Waals surface area contributed by atoms with E-state index < -0.39 is 0 Å². The van der Waals surface area contributed by atoms with Crippen LogP contribution in [0, 0.1) is 0 Å². The summed E-state index contributed by atoms with van der Waals surface area (Å²) in [6.45, 7) is 6.86. The van der Waals surface area contributed by atoms with Crippen LogP contribution >= 0.6 is 0 Å². The average molecular weight is 382 g/mol. The van der Waals surface area contributed by atoms with Crippen LogP contribution in [0.5, 0.6) is 5.75 Å². The van der Waals surface area contributed by atoms with Gasteiger partial charge in [0.05, 0.1) is 12.2 Å². The smallest absolute Gasteiger partial charge is 0.261 e. The Morgan fingerprint density at radius 1 is 1.18 bits per heavy atom. The molecule has 1 atom stereocenters. The molecule has 150 valence electrons. The van der Waals surface area contributed by atoms with Crippen LogP contribution in [0.3, 0.4) is 0 Å².